The molecule has 1 aliphatic rings. The lowest BCUT2D eigenvalue weighted by molar-refractivity contribution is -0.0618. The first-order chi connectivity index (χ1) is 17.3. The van der Waals surface area contributed by atoms with Gasteiger partial charge in [-0.15, -0.1) is 0 Å². The number of halogens is 3. The number of nitrogens with zero attached hydrogens (tertiary/aromatic N) is 5. The number of carbonyl (C=O) groups excluding carboxylic acids is 1. The van der Waals surface area contributed by atoms with E-state index in [1.54, 1.807) is 27.1 Å². The maximum absolute atomic E-state index is 15.0. The normalized spacial score (nSPS) is 17.6. The first kappa shape index (κ1) is 26.4. The summed E-state index contributed by atoms with van der Waals surface area (Å²) in [5.41, 5.74) is 0.0290. The fourth-order valence-electron chi connectivity index (χ4n) is 4.20. The summed E-state index contributed by atoms with van der Waals surface area (Å²) in [6.07, 6.45) is 2.66. The second kappa shape index (κ2) is 10.0. The molecule has 1 amide bonds. The Hall–Kier alpha value is -3.67. The summed E-state index contributed by atoms with van der Waals surface area (Å²) in [6, 6.07) is 0.755. The van der Waals surface area contributed by atoms with Crippen LogP contribution in [0.5, 0.6) is 0 Å². The smallest absolute Gasteiger partial charge is 0.416 e. The molecule has 1 N–H and O–H groups in total. The summed E-state index contributed by atoms with van der Waals surface area (Å²) in [7, 11) is 1.68. The molecule has 1 saturated heterocycles. The van der Waals surface area contributed by atoms with Crippen LogP contribution in [0.4, 0.5) is 29.7 Å². The van der Waals surface area contributed by atoms with Crippen molar-refractivity contribution in [3.05, 3.63) is 53.7 Å². The second-order valence-electron chi connectivity index (χ2n) is 9.94. The van der Waals surface area contributed by atoms with E-state index in [4.69, 9.17) is 9.47 Å². The maximum Gasteiger partial charge on any atom is 0.416 e. The standard InChI is InChI=1S/C25H29F3N6O3/c1-13(16-7-19(27)17(8-18(16)26)15-9-30-33(6)11-15)31-23-29-10-20(28)22(32-23)34-21(12-36-24(34)35)14(2)37-25(3,4)5/h7-11,13-14,21H,12H2,1-6H3,(H,29,31,32)/t13-,14+,21+/m0/s1. The zero-order valence-electron chi connectivity index (χ0n) is 21.4. The number of aromatic nitrogens is 4. The highest BCUT2D eigenvalue weighted by Gasteiger charge is 2.42. The molecule has 3 heterocycles. The number of ether oxygens (including phenoxy) is 2. The Labute approximate surface area is 212 Å². The zero-order valence-corrected chi connectivity index (χ0v) is 21.4. The molecule has 0 aliphatic carbocycles. The van der Waals surface area contributed by atoms with Crippen LogP contribution >= 0.6 is 0 Å². The van der Waals surface area contributed by atoms with Gasteiger partial charge in [-0.25, -0.2) is 27.8 Å². The van der Waals surface area contributed by atoms with Crippen LogP contribution < -0.4 is 10.2 Å². The summed E-state index contributed by atoms with van der Waals surface area (Å²) in [4.78, 5) is 21.7. The van der Waals surface area contributed by atoms with E-state index < -0.39 is 47.3 Å². The number of benzene rings is 1. The lowest BCUT2D eigenvalue weighted by Crippen LogP contribution is -2.45. The Morgan fingerprint density at radius 2 is 1.86 bits per heavy atom. The van der Waals surface area contributed by atoms with E-state index in [-0.39, 0.29) is 29.5 Å². The molecule has 0 unspecified atom stereocenters. The summed E-state index contributed by atoms with van der Waals surface area (Å²) in [6.45, 7) is 8.94. The van der Waals surface area contributed by atoms with Crippen molar-refractivity contribution in [3.63, 3.8) is 0 Å². The predicted molar refractivity (Wildman–Crippen MR) is 131 cm³/mol. The van der Waals surface area contributed by atoms with Gasteiger partial charge < -0.3 is 14.8 Å². The fourth-order valence-corrected chi connectivity index (χ4v) is 4.20. The monoisotopic (exact) mass is 518 g/mol. The summed E-state index contributed by atoms with van der Waals surface area (Å²) >= 11 is 0. The molecule has 3 atom stereocenters. The van der Waals surface area contributed by atoms with Crippen LogP contribution in [-0.4, -0.2) is 50.2 Å². The van der Waals surface area contributed by atoms with Crippen molar-refractivity contribution < 1.29 is 27.4 Å². The SMILES string of the molecule is C[C@H](Nc1ncc(F)c(N2C(=O)OC[C@@H]2[C@@H](C)OC(C)(C)C)n1)c1cc(F)c(-c2cnn(C)c2)cc1F. The van der Waals surface area contributed by atoms with Crippen molar-refractivity contribution in [2.24, 2.45) is 7.05 Å². The minimum absolute atomic E-state index is 0.00748. The summed E-state index contributed by atoms with van der Waals surface area (Å²) < 4.78 is 57.2. The molecule has 1 aromatic carbocycles. The van der Waals surface area contributed by atoms with Gasteiger partial charge in [0.05, 0.1) is 30.1 Å². The molecule has 4 rings (SSSR count). The lowest BCUT2D eigenvalue weighted by atomic mass is 10.0. The Balaban J connectivity index is 1.58. The van der Waals surface area contributed by atoms with Gasteiger partial charge in [0.15, 0.2) is 11.6 Å². The number of rotatable bonds is 7. The van der Waals surface area contributed by atoms with Crippen molar-refractivity contribution in [2.45, 2.75) is 58.4 Å². The molecule has 9 nitrogen and oxygen atoms in total. The fraction of sp³-hybridized carbons (Fsp3) is 0.440. The molecular formula is C25H29F3N6O3. The van der Waals surface area contributed by atoms with E-state index >= 15 is 0 Å². The quantitative estimate of drug-likeness (QED) is 0.471. The number of aryl methyl sites for hydroxylation is 1. The van der Waals surface area contributed by atoms with E-state index in [2.05, 4.69) is 20.4 Å². The zero-order chi connectivity index (χ0) is 27.1. The van der Waals surface area contributed by atoms with Gasteiger partial charge in [-0.1, -0.05) is 0 Å². The van der Waals surface area contributed by atoms with Crippen LogP contribution in [0.25, 0.3) is 11.1 Å². The van der Waals surface area contributed by atoms with Crippen LogP contribution in [0.1, 0.15) is 46.2 Å². The number of hydrogen-bond acceptors (Lipinski definition) is 7. The highest BCUT2D eigenvalue weighted by molar-refractivity contribution is 5.89. The molecule has 37 heavy (non-hydrogen) atoms. The van der Waals surface area contributed by atoms with Gasteiger partial charge in [-0.2, -0.15) is 10.1 Å². The molecule has 0 saturated carbocycles. The average Bonchev–Trinajstić information content (AvgIpc) is 3.40. The molecule has 2 aromatic heterocycles. The van der Waals surface area contributed by atoms with Gasteiger partial charge >= 0.3 is 6.09 Å². The number of cyclic esters (lactones) is 1. The molecule has 0 bridgehead atoms. The molecule has 198 valence electrons. The van der Waals surface area contributed by atoms with Gasteiger partial charge in [0, 0.05) is 29.9 Å². The Bertz CT molecular complexity index is 1310. The first-order valence-corrected chi connectivity index (χ1v) is 11.7. The molecule has 12 heteroatoms. The van der Waals surface area contributed by atoms with Crippen molar-refractivity contribution in [1.82, 2.24) is 19.7 Å². The average molecular weight is 519 g/mol. The van der Waals surface area contributed by atoms with Crippen LogP contribution in [0, 0.1) is 17.5 Å². The van der Waals surface area contributed by atoms with E-state index in [1.165, 1.54) is 10.9 Å². The van der Waals surface area contributed by atoms with E-state index in [0.717, 1.165) is 23.2 Å². The van der Waals surface area contributed by atoms with E-state index in [1.807, 2.05) is 20.8 Å². The lowest BCUT2D eigenvalue weighted by Gasteiger charge is -2.31. The number of amides is 1. The number of nitrogens with one attached hydrogen (secondary N) is 1. The molecule has 3 aromatic rings. The van der Waals surface area contributed by atoms with Crippen LogP contribution in [0.15, 0.2) is 30.7 Å². The Morgan fingerprint density at radius 3 is 2.51 bits per heavy atom. The summed E-state index contributed by atoms with van der Waals surface area (Å²) in [5, 5.41) is 6.84. The predicted octanol–water partition coefficient (Wildman–Crippen LogP) is 5.00. The number of anilines is 2. The van der Waals surface area contributed by atoms with Crippen LogP contribution in [0.2, 0.25) is 0 Å². The third kappa shape index (κ3) is 5.68. The van der Waals surface area contributed by atoms with Crippen molar-refractivity contribution in [3.8, 4) is 11.1 Å². The minimum Gasteiger partial charge on any atom is -0.447 e. The van der Waals surface area contributed by atoms with Crippen LogP contribution in [0.3, 0.4) is 0 Å². The van der Waals surface area contributed by atoms with E-state index in [9.17, 15) is 18.0 Å². The molecule has 0 radical (unpaired) electrons. The summed E-state index contributed by atoms with van der Waals surface area (Å²) in [5.74, 6) is -2.51. The Kier molecular flexibility index (Phi) is 7.13. The van der Waals surface area contributed by atoms with Crippen molar-refractivity contribution in [1.29, 1.82) is 0 Å². The van der Waals surface area contributed by atoms with Gasteiger partial charge in [-0.05, 0) is 46.8 Å². The topological polar surface area (TPSA) is 94.4 Å². The highest BCUT2D eigenvalue weighted by atomic mass is 19.1. The van der Waals surface area contributed by atoms with Crippen LogP contribution in [-0.2, 0) is 16.5 Å². The largest absolute Gasteiger partial charge is 0.447 e. The van der Waals surface area contributed by atoms with Crippen molar-refractivity contribution in [2.75, 3.05) is 16.8 Å². The molecule has 1 fully saturated rings. The number of carbonyl (C=O) groups is 1. The minimum atomic E-state index is -0.844. The van der Waals surface area contributed by atoms with Gasteiger partial charge in [0.2, 0.25) is 5.95 Å². The molecular weight excluding hydrogens is 489 g/mol. The highest BCUT2D eigenvalue weighted by Crippen LogP contribution is 2.31. The molecule has 0 spiro atoms. The maximum atomic E-state index is 15.0. The molecule has 1 aliphatic heterocycles. The third-order valence-electron chi connectivity index (χ3n) is 5.86. The van der Waals surface area contributed by atoms with E-state index in [0.29, 0.717) is 5.56 Å². The van der Waals surface area contributed by atoms with Gasteiger partial charge in [0.1, 0.15) is 24.3 Å². The first-order valence-electron chi connectivity index (χ1n) is 11.7. The van der Waals surface area contributed by atoms with Gasteiger partial charge in [-0.3, -0.25) is 4.68 Å². The Morgan fingerprint density at radius 1 is 1.14 bits per heavy atom. The second-order valence-corrected chi connectivity index (χ2v) is 9.94. The van der Waals surface area contributed by atoms with Crippen molar-refractivity contribution >= 4 is 17.9 Å². The number of hydrogen-bond donors (Lipinski definition) is 1. The third-order valence-corrected chi connectivity index (χ3v) is 5.86. The van der Waals surface area contributed by atoms with Gasteiger partial charge in [0.25, 0.3) is 0 Å².